The van der Waals surface area contributed by atoms with E-state index < -0.39 is 25.6 Å². The number of aliphatic hydroxyl groups is 1. The summed E-state index contributed by atoms with van der Waals surface area (Å²) in [6, 6.07) is 5.39. The quantitative estimate of drug-likeness (QED) is 0.695. The predicted molar refractivity (Wildman–Crippen MR) is 111 cm³/mol. The molecule has 1 N–H and O–H groups in total. The highest BCUT2D eigenvalue weighted by Crippen LogP contribution is 2.41. The molecule has 1 aromatic rings. The number of rotatable bonds is 3. The number of nitrogens with zero attached hydrogens (tertiary/aromatic N) is 1. The Morgan fingerprint density at radius 1 is 1.19 bits per heavy atom. The second kappa shape index (κ2) is 6.98. The van der Waals surface area contributed by atoms with Crippen LogP contribution in [0.15, 0.2) is 18.2 Å². The zero-order valence-electron chi connectivity index (χ0n) is 17.6. The molecular weight excluding hydrogens is 382 g/mol. The largest absolute Gasteiger partial charge is 0.543 e. The summed E-state index contributed by atoms with van der Waals surface area (Å²) in [4.78, 5) is 13.6. The highest BCUT2D eigenvalue weighted by atomic mass is 35.5. The van der Waals surface area contributed by atoms with Crippen molar-refractivity contribution >= 4 is 26.0 Å². The lowest BCUT2D eigenvalue weighted by atomic mass is 9.86. The zero-order chi connectivity index (χ0) is 20.8. The molecule has 0 aliphatic carbocycles. The molecule has 152 valence electrons. The van der Waals surface area contributed by atoms with Gasteiger partial charge < -0.3 is 19.2 Å². The standard InChI is InChI=1S/C20H32ClNO4Si/c1-18(2,3)25-17(23)22-12-20(24,13-22)15-10-9-14(11-16(15)21)26-27(7,8)19(4,5)6/h9-11,24H,12-13H2,1-8H3. The fraction of sp³-hybridized carbons (Fsp3) is 0.650. The van der Waals surface area contributed by atoms with Gasteiger partial charge in [0.15, 0.2) is 0 Å². The average molecular weight is 414 g/mol. The van der Waals surface area contributed by atoms with Crippen LogP contribution in [0.25, 0.3) is 0 Å². The first-order chi connectivity index (χ1) is 12.0. The van der Waals surface area contributed by atoms with E-state index in [0.29, 0.717) is 16.3 Å². The van der Waals surface area contributed by atoms with Gasteiger partial charge in [-0.2, -0.15) is 0 Å². The van der Waals surface area contributed by atoms with Gasteiger partial charge in [0, 0.05) is 5.56 Å². The van der Waals surface area contributed by atoms with E-state index >= 15 is 0 Å². The molecule has 1 saturated heterocycles. The lowest BCUT2D eigenvalue weighted by Crippen LogP contribution is -2.62. The van der Waals surface area contributed by atoms with Crippen LogP contribution in [0.3, 0.4) is 0 Å². The average Bonchev–Trinajstić information content (AvgIpc) is 2.40. The third-order valence-corrected chi connectivity index (χ3v) is 9.85. The van der Waals surface area contributed by atoms with Crippen molar-refractivity contribution in [3.05, 3.63) is 28.8 Å². The number of ether oxygens (including phenoxy) is 1. The lowest BCUT2D eigenvalue weighted by molar-refractivity contribution is -0.103. The Morgan fingerprint density at radius 2 is 1.74 bits per heavy atom. The minimum absolute atomic E-state index is 0.0816. The van der Waals surface area contributed by atoms with Crippen LogP contribution in [0.5, 0.6) is 5.75 Å². The number of hydrogen-bond donors (Lipinski definition) is 1. The van der Waals surface area contributed by atoms with Crippen LogP contribution in [-0.4, -0.2) is 43.1 Å². The molecule has 1 aliphatic rings. The Morgan fingerprint density at radius 3 is 2.19 bits per heavy atom. The highest BCUT2D eigenvalue weighted by molar-refractivity contribution is 6.74. The molecule has 2 rings (SSSR count). The number of hydrogen-bond acceptors (Lipinski definition) is 4. The van der Waals surface area contributed by atoms with E-state index in [-0.39, 0.29) is 18.1 Å². The van der Waals surface area contributed by atoms with Crippen LogP contribution < -0.4 is 4.43 Å². The van der Waals surface area contributed by atoms with E-state index in [0.717, 1.165) is 0 Å². The third kappa shape index (κ3) is 4.98. The van der Waals surface area contributed by atoms with Gasteiger partial charge in [-0.25, -0.2) is 4.79 Å². The van der Waals surface area contributed by atoms with Crippen LogP contribution in [-0.2, 0) is 10.3 Å². The summed E-state index contributed by atoms with van der Waals surface area (Å²) in [6.45, 7) is 16.6. The summed E-state index contributed by atoms with van der Waals surface area (Å²) < 4.78 is 11.6. The number of β-amino-alcohol motifs (C(OH)–C–C–N with tert-alkyl or cyclic N) is 1. The van der Waals surface area contributed by atoms with Crippen molar-refractivity contribution in [1.29, 1.82) is 0 Å². The topological polar surface area (TPSA) is 59.0 Å². The number of halogens is 1. The summed E-state index contributed by atoms with van der Waals surface area (Å²) >= 11 is 6.44. The van der Waals surface area contributed by atoms with Crippen molar-refractivity contribution < 1.29 is 19.1 Å². The SMILES string of the molecule is CC(C)(C)OC(=O)N1CC(O)(c2ccc(O[Si](C)(C)C(C)(C)C)cc2Cl)C1. The van der Waals surface area contributed by atoms with Gasteiger partial charge in [-0.3, -0.25) is 0 Å². The molecular formula is C20H32ClNO4Si. The van der Waals surface area contributed by atoms with E-state index in [9.17, 15) is 9.90 Å². The molecule has 7 heteroatoms. The summed E-state index contributed by atoms with van der Waals surface area (Å²) in [6.07, 6.45) is -0.429. The fourth-order valence-corrected chi connectivity index (χ4v) is 3.96. The Hall–Kier alpha value is -1.24. The van der Waals surface area contributed by atoms with Gasteiger partial charge in [0.1, 0.15) is 17.0 Å². The fourth-order valence-electron chi connectivity index (χ4n) is 2.60. The monoisotopic (exact) mass is 413 g/mol. The first-order valence-electron chi connectivity index (χ1n) is 9.23. The molecule has 27 heavy (non-hydrogen) atoms. The maximum atomic E-state index is 12.1. The minimum Gasteiger partial charge on any atom is -0.543 e. The van der Waals surface area contributed by atoms with Gasteiger partial charge in [0.2, 0.25) is 8.32 Å². The van der Waals surface area contributed by atoms with E-state index in [2.05, 4.69) is 33.9 Å². The molecule has 0 saturated carbocycles. The van der Waals surface area contributed by atoms with Gasteiger partial charge in [0.25, 0.3) is 0 Å². The Labute approximate surface area is 168 Å². The molecule has 0 radical (unpaired) electrons. The molecule has 1 fully saturated rings. The van der Waals surface area contributed by atoms with Gasteiger partial charge in [-0.05, 0) is 51.0 Å². The van der Waals surface area contributed by atoms with Crippen molar-refractivity contribution in [3.8, 4) is 5.75 Å². The molecule has 5 nitrogen and oxygen atoms in total. The summed E-state index contributed by atoms with van der Waals surface area (Å²) in [5, 5.41) is 11.4. The van der Waals surface area contributed by atoms with Crippen molar-refractivity contribution in [1.82, 2.24) is 4.90 Å². The Balaban J connectivity index is 2.10. The minimum atomic E-state index is -1.97. The molecule has 0 atom stereocenters. The van der Waals surface area contributed by atoms with Crippen LogP contribution in [0.1, 0.15) is 47.1 Å². The molecule has 0 unspecified atom stereocenters. The number of carbonyl (C=O) groups is 1. The Kier molecular flexibility index (Phi) is 5.70. The molecule has 0 bridgehead atoms. The van der Waals surface area contributed by atoms with E-state index in [1.807, 2.05) is 26.8 Å². The second-order valence-corrected chi connectivity index (χ2v) is 15.0. The van der Waals surface area contributed by atoms with Gasteiger partial charge >= 0.3 is 6.09 Å². The van der Waals surface area contributed by atoms with Crippen LogP contribution in [0.4, 0.5) is 4.79 Å². The van der Waals surface area contributed by atoms with Crippen molar-refractivity contribution in [2.24, 2.45) is 0 Å². The number of likely N-dealkylation sites (tertiary alicyclic amines) is 1. The number of benzene rings is 1. The summed E-state index contributed by atoms with van der Waals surface area (Å²) in [5.74, 6) is 0.710. The smallest absolute Gasteiger partial charge is 0.410 e. The number of amides is 1. The second-order valence-electron chi connectivity index (χ2n) is 9.87. The van der Waals surface area contributed by atoms with Gasteiger partial charge in [-0.1, -0.05) is 38.4 Å². The van der Waals surface area contributed by atoms with Gasteiger partial charge in [-0.15, -0.1) is 0 Å². The first kappa shape index (κ1) is 22.1. The van der Waals surface area contributed by atoms with Crippen LogP contribution in [0.2, 0.25) is 23.2 Å². The molecule has 1 aromatic carbocycles. The third-order valence-electron chi connectivity index (χ3n) is 5.18. The molecule has 0 aromatic heterocycles. The van der Waals surface area contributed by atoms with Crippen molar-refractivity contribution in [3.63, 3.8) is 0 Å². The van der Waals surface area contributed by atoms with E-state index in [1.165, 1.54) is 4.90 Å². The number of carbonyl (C=O) groups excluding carboxylic acids is 1. The zero-order valence-corrected chi connectivity index (χ0v) is 19.4. The van der Waals surface area contributed by atoms with Gasteiger partial charge in [0.05, 0.1) is 18.1 Å². The molecule has 1 aliphatic heterocycles. The normalized spacial score (nSPS) is 17.3. The lowest BCUT2D eigenvalue weighted by Gasteiger charge is -2.47. The molecule has 1 amide bonds. The summed E-state index contributed by atoms with van der Waals surface area (Å²) in [5.41, 5.74) is -1.12. The predicted octanol–water partition coefficient (Wildman–Crippen LogP) is 5.16. The van der Waals surface area contributed by atoms with Crippen molar-refractivity contribution in [2.45, 2.75) is 70.9 Å². The molecule has 0 spiro atoms. The first-order valence-corrected chi connectivity index (χ1v) is 12.5. The molecule has 1 heterocycles. The highest BCUT2D eigenvalue weighted by Gasteiger charge is 2.47. The van der Waals surface area contributed by atoms with Crippen molar-refractivity contribution in [2.75, 3.05) is 13.1 Å². The van der Waals surface area contributed by atoms with Crippen LogP contribution >= 0.6 is 11.6 Å². The Bertz CT molecular complexity index is 716. The van der Waals surface area contributed by atoms with E-state index in [1.54, 1.807) is 12.1 Å². The van der Waals surface area contributed by atoms with E-state index in [4.69, 9.17) is 20.8 Å². The maximum Gasteiger partial charge on any atom is 0.410 e. The van der Waals surface area contributed by atoms with Crippen LogP contribution in [0, 0.1) is 0 Å². The maximum absolute atomic E-state index is 12.1. The summed E-state index contributed by atoms with van der Waals surface area (Å²) in [7, 11) is -1.97.